The molecule has 94 valence electrons. The van der Waals surface area contributed by atoms with Crippen molar-refractivity contribution < 1.29 is 0 Å². The van der Waals surface area contributed by atoms with Gasteiger partial charge < -0.3 is 4.98 Å². The van der Waals surface area contributed by atoms with Crippen LogP contribution in [-0.4, -0.2) is 19.7 Å². The predicted octanol–water partition coefficient (Wildman–Crippen LogP) is 1.67. The number of nitrogens with zero attached hydrogens (tertiary/aromatic N) is 3. The Morgan fingerprint density at radius 1 is 1.56 bits per heavy atom. The summed E-state index contributed by atoms with van der Waals surface area (Å²) in [6.07, 6.45) is 4.08. The molecule has 2 aromatic heterocycles. The molecule has 0 aliphatic heterocycles. The van der Waals surface area contributed by atoms with Crippen molar-refractivity contribution in [3.63, 3.8) is 0 Å². The van der Waals surface area contributed by atoms with Crippen LogP contribution >= 0.6 is 11.8 Å². The Morgan fingerprint density at radius 2 is 2.39 bits per heavy atom. The fourth-order valence-corrected chi connectivity index (χ4v) is 2.71. The minimum absolute atomic E-state index is 0.0561. The zero-order valence-electron chi connectivity index (χ0n) is 10.1. The van der Waals surface area contributed by atoms with E-state index in [1.165, 1.54) is 11.8 Å². The maximum absolute atomic E-state index is 11.5. The third-order valence-corrected chi connectivity index (χ3v) is 3.92. The van der Waals surface area contributed by atoms with Crippen molar-refractivity contribution in [3.8, 4) is 0 Å². The highest BCUT2D eigenvalue weighted by molar-refractivity contribution is 7.98. The topological polar surface area (TPSA) is 63.6 Å². The third kappa shape index (κ3) is 2.48. The third-order valence-electron chi connectivity index (χ3n) is 3.01. The van der Waals surface area contributed by atoms with E-state index in [9.17, 15) is 4.79 Å². The van der Waals surface area contributed by atoms with E-state index < -0.39 is 0 Å². The molecule has 0 radical (unpaired) electrons. The molecule has 1 saturated carbocycles. The van der Waals surface area contributed by atoms with Crippen LogP contribution in [-0.2, 0) is 12.8 Å². The second kappa shape index (κ2) is 4.61. The minimum atomic E-state index is -0.0561. The van der Waals surface area contributed by atoms with E-state index in [1.54, 1.807) is 12.3 Å². The molecule has 3 rings (SSSR count). The number of aromatic amines is 1. The van der Waals surface area contributed by atoms with E-state index in [-0.39, 0.29) is 5.56 Å². The van der Waals surface area contributed by atoms with Crippen molar-refractivity contribution in [2.24, 2.45) is 7.05 Å². The van der Waals surface area contributed by atoms with Crippen LogP contribution in [0.15, 0.2) is 28.3 Å². The van der Waals surface area contributed by atoms with Gasteiger partial charge in [-0.3, -0.25) is 9.48 Å². The van der Waals surface area contributed by atoms with Gasteiger partial charge in [0, 0.05) is 36.7 Å². The van der Waals surface area contributed by atoms with Crippen molar-refractivity contribution in [3.05, 3.63) is 40.1 Å². The molecule has 5 nitrogen and oxygen atoms in total. The summed E-state index contributed by atoms with van der Waals surface area (Å²) in [7, 11) is 1.91. The molecular formula is C12H14N4OS. The van der Waals surface area contributed by atoms with Crippen molar-refractivity contribution in [2.45, 2.75) is 29.7 Å². The van der Waals surface area contributed by atoms with Crippen LogP contribution in [0.25, 0.3) is 0 Å². The Hall–Kier alpha value is -1.56. The lowest BCUT2D eigenvalue weighted by molar-refractivity contribution is 0.735. The van der Waals surface area contributed by atoms with Crippen LogP contribution < -0.4 is 5.56 Å². The molecule has 0 saturated heterocycles. The first kappa shape index (κ1) is 11.5. The lowest BCUT2D eigenvalue weighted by Gasteiger charge is -2.03. The molecule has 0 aromatic carbocycles. The number of nitrogens with one attached hydrogen (secondary N) is 1. The maximum atomic E-state index is 11.5. The molecule has 1 aliphatic carbocycles. The lowest BCUT2D eigenvalue weighted by atomic mass is 10.3. The van der Waals surface area contributed by atoms with E-state index in [0.717, 1.165) is 30.0 Å². The van der Waals surface area contributed by atoms with Gasteiger partial charge >= 0.3 is 0 Å². The molecule has 0 bridgehead atoms. The molecule has 0 amide bonds. The van der Waals surface area contributed by atoms with Crippen LogP contribution in [0.3, 0.4) is 0 Å². The Bertz CT molecular complexity index is 615. The monoisotopic (exact) mass is 262 g/mol. The molecule has 2 heterocycles. The van der Waals surface area contributed by atoms with Crippen LogP contribution in [0.1, 0.15) is 30.1 Å². The van der Waals surface area contributed by atoms with E-state index >= 15 is 0 Å². The van der Waals surface area contributed by atoms with Gasteiger partial charge in [-0.2, -0.15) is 5.10 Å². The van der Waals surface area contributed by atoms with Crippen LogP contribution in [0.2, 0.25) is 0 Å². The average molecular weight is 262 g/mol. The number of aryl methyl sites for hydroxylation is 1. The predicted molar refractivity (Wildman–Crippen MR) is 69.6 cm³/mol. The highest BCUT2D eigenvalue weighted by atomic mass is 32.2. The second-order valence-corrected chi connectivity index (χ2v) is 5.45. The first-order valence-corrected chi connectivity index (χ1v) is 6.92. The number of hydrogen-bond acceptors (Lipinski definition) is 4. The highest BCUT2D eigenvalue weighted by Crippen LogP contribution is 2.38. The molecule has 6 heteroatoms. The molecule has 2 aromatic rings. The van der Waals surface area contributed by atoms with Crippen LogP contribution in [0, 0.1) is 0 Å². The van der Waals surface area contributed by atoms with Crippen molar-refractivity contribution in [1.29, 1.82) is 0 Å². The lowest BCUT2D eigenvalue weighted by Crippen LogP contribution is -2.09. The van der Waals surface area contributed by atoms with Gasteiger partial charge in [-0.15, -0.1) is 0 Å². The largest absolute Gasteiger partial charge is 0.301 e. The van der Waals surface area contributed by atoms with Crippen molar-refractivity contribution in [1.82, 2.24) is 19.7 Å². The van der Waals surface area contributed by atoms with Gasteiger partial charge in [-0.1, -0.05) is 11.8 Å². The SMILES string of the molecule is Cn1nccc1CSc1nc(C2CC2)cc(=O)[nH]1. The quantitative estimate of drug-likeness (QED) is 0.672. The van der Waals surface area contributed by atoms with E-state index in [2.05, 4.69) is 15.1 Å². The van der Waals surface area contributed by atoms with Gasteiger partial charge in [0.05, 0.1) is 5.69 Å². The molecule has 1 N–H and O–H groups in total. The van der Waals surface area contributed by atoms with Gasteiger partial charge in [-0.25, -0.2) is 4.98 Å². The Labute approximate surface area is 109 Å². The van der Waals surface area contributed by atoms with Crippen molar-refractivity contribution >= 4 is 11.8 Å². The Balaban J connectivity index is 1.76. The van der Waals surface area contributed by atoms with Crippen LogP contribution in [0.5, 0.6) is 0 Å². The van der Waals surface area contributed by atoms with Gasteiger partial charge in [0.1, 0.15) is 0 Å². The van der Waals surface area contributed by atoms with E-state index in [4.69, 9.17) is 0 Å². The summed E-state index contributed by atoms with van der Waals surface area (Å²) in [5, 5.41) is 4.81. The molecule has 18 heavy (non-hydrogen) atoms. The van der Waals surface area contributed by atoms with E-state index in [0.29, 0.717) is 11.1 Å². The number of aromatic nitrogens is 4. The fraction of sp³-hybridized carbons (Fsp3) is 0.417. The summed E-state index contributed by atoms with van der Waals surface area (Å²) < 4.78 is 1.83. The summed E-state index contributed by atoms with van der Waals surface area (Å²) in [5.41, 5.74) is 1.99. The summed E-state index contributed by atoms with van der Waals surface area (Å²) in [6.45, 7) is 0. The number of hydrogen-bond donors (Lipinski definition) is 1. The summed E-state index contributed by atoms with van der Waals surface area (Å²) >= 11 is 1.54. The Morgan fingerprint density at radius 3 is 3.06 bits per heavy atom. The molecular weight excluding hydrogens is 248 g/mol. The normalized spacial score (nSPS) is 14.9. The zero-order chi connectivity index (χ0) is 12.5. The Kier molecular flexibility index (Phi) is 2.95. The number of H-pyrrole nitrogens is 1. The molecule has 0 spiro atoms. The van der Waals surface area contributed by atoms with Gasteiger partial charge in [0.15, 0.2) is 5.16 Å². The minimum Gasteiger partial charge on any atom is -0.301 e. The molecule has 0 unspecified atom stereocenters. The first-order chi connectivity index (χ1) is 8.72. The number of rotatable bonds is 4. The van der Waals surface area contributed by atoms with Crippen molar-refractivity contribution in [2.75, 3.05) is 0 Å². The fourth-order valence-electron chi connectivity index (χ4n) is 1.80. The first-order valence-electron chi connectivity index (χ1n) is 5.93. The molecule has 0 atom stereocenters. The standard InChI is InChI=1S/C12H14N4OS/c1-16-9(4-5-13-16)7-18-12-14-10(8-2-3-8)6-11(17)15-12/h4-6,8H,2-3,7H2,1H3,(H,14,15,17). The second-order valence-electron chi connectivity index (χ2n) is 4.48. The zero-order valence-corrected chi connectivity index (χ0v) is 10.9. The highest BCUT2D eigenvalue weighted by Gasteiger charge is 2.25. The summed E-state index contributed by atoms with van der Waals surface area (Å²) in [4.78, 5) is 18.8. The maximum Gasteiger partial charge on any atom is 0.251 e. The summed E-state index contributed by atoms with van der Waals surface area (Å²) in [6, 6.07) is 3.58. The van der Waals surface area contributed by atoms with Crippen LogP contribution in [0.4, 0.5) is 0 Å². The number of thioether (sulfide) groups is 1. The molecule has 1 aliphatic rings. The smallest absolute Gasteiger partial charge is 0.251 e. The molecule has 1 fully saturated rings. The van der Waals surface area contributed by atoms with Gasteiger partial charge in [-0.05, 0) is 18.9 Å². The van der Waals surface area contributed by atoms with Gasteiger partial charge in [0.2, 0.25) is 0 Å². The average Bonchev–Trinajstić information content (AvgIpc) is 3.11. The summed E-state index contributed by atoms with van der Waals surface area (Å²) in [5.74, 6) is 1.26. The van der Waals surface area contributed by atoms with E-state index in [1.807, 2.05) is 17.8 Å². The van der Waals surface area contributed by atoms with Gasteiger partial charge in [0.25, 0.3) is 5.56 Å².